The fourth-order valence-corrected chi connectivity index (χ4v) is 1.56. The average molecular weight is 216 g/mol. The highest BCUT2D eigenvalue weighted by molar-refractivity contribution is 5.62. The zero-order chi connectivity index (χ0) is 11.7. The summed E-state index contributed by atoms with van der Waals surface area (Å²) >= 11 is 0. The summed E-state index contributed by atoms with van der Waals surface area (Å²) in [6.45, 7) is 6.20. The maximum absolute atomic E-state index is 5.61. The van der Waals surface area contributed by atoms with Gasteiger partial charge in [0.2, 0.25) is 0 Å². The third kappa shape index (κ3) is 1.91. The van der Waals surface area contributed by atoms with Crippen LogP contribution in [0, 0.1) is 6.92 Å². The van der Waals surface area contributed by atoms with Crippen molar-refractivity contribution in [2.75, 3.05) is 5.73 Å². The van der Waals surface area contributed by atoms with Crippen molar-refractivity contribution in [2.24, 2.45) is 0 Å². The largest absolute Gasteiger partial charge is 0.397 e. The molecule has 16 heavy (non-hydrogen) atoms. The molecule has 0 atom stereocenters. The van der Waals surface area contributed by atoms with Gasteiger partial charge in [-0.25, -0.2) is 0 Å². The van der Waals surface area contributed by atoms with E-state index in [1.165, 1.54) is 0 Å². The Morgan fingerprint density at radius 1 is 1.31 bits per heavy atom. The van der Waals surface area contributed by atoms with Crippen LogP contribution in [0.25, 0.3) is 11.3 Å². The van der Waals surface area contributed by atoms with Crippen molar-refractivity contribution in [3.8, 4) is 11.3 Å². The standard InChI is InChI=1S/C12H16N4/c1-8(2)16-7-11(9(3)15-16)12-5-4-10(13)6-14-12/h4-8H,13H2,1-3H3. The third-order valence-corrected chi connectivity index (χ3v) is 2.51. The van der Waals surface area contributed by atoms with Gasteiger partial charge < -0.3 is 5.73 Å². The van der Waals surface area contributed by atoms with E-state index in [0.717, 1.165) is 17.0 Å². The highest BCUT2D eigenvalue weighted by atomic mass is 15.3. The molecule has 0 aliphatic heterocycles. The first-order chi connectivity index (χ1) is 7.58. The number of nitrogen functional groups attached to an aromatic ring is 1. The average Bonchev–Trinajstić information content (AvgIpc) is 2.62. The van der Waals surface area contributed by atoms with E-state index in [1.807, 2.05) is 29.9 Å². The van der Waals surface area contributed by atoms with E-state index >= 15 is 0 Å². The van der Waals surface area contributed by atoms with Crippen LogP contribution in [-0.4, -0.2) is 14.8 Å². The van der Waals surface area contributed by atoms with Crippen molar-refractivity contribution in [3.63, 3.8) is 0 Å². The molecule has 0 aliphatic rings. The van der Waals surface area contributed by atoms with Crippen LogP contribution in [0.15, 0.2) is 24.5 Å². The van der Waals surface area contributed by atoms with E-state index < -0.39 is 0 Å². The number of aryl methyl sites for hydroxylation is 1. The second-order valence-corrected chi connectivity index (χ2v) is 4.18. The molecular formula is C12H16N4. The smallest absolute Gasteiger partial charge is 0.0737 e. The van der Waals surface area contributed by atoms with Gasteiger partial charge in [-0.3, -0.25) is 9.67 Å². The summed E-state index contributed by atoms with van der Waals surface area (Å²) in [4.78, 5) is 4.30. The number of rotatable bonds is 2. The van der Waals surface area contributed by atoms with Gasteiger partial charge in [0.05, 0.1) is 23.3 Å². The maximum atomic E-state index is 5.61. The number of anilines is 1. The zero-order valence-corrected chi connectivity index (χ0v) is 9.81. The predicted molar refractivity (Wildman–Crippen MR) is 65.0 cm³/mol. The van der Waals surface area contributed by atoms with Crippen LogP contribution in [0.4, 0.5) is 5.69 Å². The Morgan fingerprint density at radius 3 is 2.56 bits per heavy atom. The number of aromatic nitrogens is 3. The Hall–Kier alpha value is -1.84. The topological polar surface area (TPSA) is 56.7 Å². The lowest BCUT2D eigenvalue weighted by molar-refractivity contribution is 0.529. The molecule has 4 nitrogen and oxygen atoms in total. The molecule has 2 aromatic rings. The Morgan fingerprint density at radius 2 is 2.06 bits per heavy atom. The minimum absolute atomic E-state index is 0.362. The van der Waals surface area contributed by atoms with Crippen LogP contribution in [0.1, 0.15) is 25.6 Å². The van der Waals surface area contributed by atoms with Crippen LogP contribution in [0.2, 0.25) is 0 Å². The van der Waals surface area contributed by atoms with Crippen molar-refractivity contribution >= 4 is 5.69 Å². The van der Waals surface area contributed by atoms with Crippen LogP contribution >= 0.6 is 0 Å². The van der Waals surface area contributed by atoms with Crippen LogP contribution in [0.3, 0.4) is 0 Å². The van der Waals surface area contributed by atoms with E-state index in [-0.39, 0.29) is 0 Å². The van der Waals surface area contributed by atoms with Gasteiger partial charge in [0, 0.05) is 17.8 Å². The van der Waals surface area contributed by atoms with Crippen LogP contribution in [-0.2, 0) is 0 Å². The SMILES string of the molecule is Cc1nn(C(C)C)cc1-c1ccc(N)cn1. The van der Waals surface area contributed by atoms with E-state index in [2.05, 4.69) is 23.9 Å². The third-order valence-electron chi connectivity index (χ3n) is 2.51. The van der Waals surface area contributed by atoms with Gasteiger partial charge in [0.1, 0.15) is 0 Å². The summed E-state index contributed by atoms with van der Waals surface area (Å²) < 4.78 is 1.95. The maximum Gasteiger partial charge on any atom is 0.0737 e. The molecule has 0 radical (unpaired) electrons. The summed E-state index contributed by atoms with van der Waals surface area (Å²) in [7, 11) is 0. The molecule has 84 valence electrons. The van der Waals surface area contributed by atoms with Gasteiger partial charge in [0.15, 0.2) is 0 Å². The minimum atomic E-state index is 0.362. The van der Waals surface area contributed by atoms with Gasteiger partial charge in [0.25, 0.3) is 0 Å². The quantitative estimate of drug-likeness (QED) is 0.838. The summed E-state index contributed by atoms with van der Waals surface area (Å²) in [6.07, 6.45) is 3.69. The van der Waals surface area contributed by atoms with E-state index in [1.54, 1.807) is 6.20 Å². The predicted octanol–water partition coefficient (Wildman–Crippen LogP) is 2.42. The Labute approximate surface area is 95.1 Å². The first-order valence-electron chi connectivity index (χ1n) is 5.35. The highest BCUT2D eigenvalue weighted by Gasteiger charge is 2.09. The fourth-order valence-electron chi connectivity index (χ4n) is 1.56. The monoisotopic (exact) mass is 216 g/mol. The molecule has 0 amide bonds. The molecule has 2 N–H and O–H groups in total. The Kier molecular flexibility index (Phi) is 2.64. The molecule has 4 heteroatoms. The lowest BCUT2D eigenvalue weighted by Gasteiger charge is -2.03. The van der Waals surface area contributed by atoms with Gasteiger partial charge in [-0.2, -0.15) is 5.10 Å². The second kappa shape index (κ2) is 3.96. The lowest BCUT2D eigenvalue weighted by atomic mass is 10.2. The van der Waals surface area contributed by atoms with E-state index in [9.17, 15) is 0 Å². The number of hydrogen-bond acceptors (Lipinski definition) is 3. The van der Waals surface area contributed by atoms with Crippen molar-refractivity contribution in [1.82, 2.24) is 14.8 Å². The molecule has 0 aromatic carbocycles. The molecule has 0 spiro atoms. The number of pyridine rings is 1. The van der Waals surface area contributed by atoms with E-state index in [0.29, 0.717) is 11.7 Å². The summed E-state index contributed by atoms with van der Waals surface area (Å²) in [5.74, 6) is 0. The molecule has 0 unspecified atom stereocenters. The first-order valence-corrected chi connectivity index (χ1v) is 5.35. The van der Waals surface area contributed by atoms with Crippen molar-refractivity contribution < 1.29 is 0 Å². The van der Waals surface area contributed by atoms with Gasteiger partial charge in [-0.05, 0) is 32.9 Å². The lowest BCUT2D eigenvalue weighted by Crippen LogP contribution is -2.00. The van der Waals surface area contributed by atoms with Gasteiger partial charge in [-0.15, -0.1) is 0 Å². The fraction of sp³-hybridized carbons (Fsp3) is 0.333. The van der Waals surface area contributed by atoms with Gasteiger partial charge in [-0.1, -0.05) is 0 Å². The number of hydrogen-bond donors (Lipinski definition) is 1. The summed E-state index contributed by atoms with van der Waals surface area (Å²) in [5, 5.41) is 4.45. The molecular weight excluding hydrogens is 200 g/mol. The second-order valence-electron chi connectivity index (χ2n) is 4.18. The summed E-state index contributed by atoms with van der Waals surface area (Å²) in [5.41, 5.74) is 9.26. The minimum Gasteiger partial charge on any atom is -0.397 e. The first kappa shape index (κ1) is 10.7. The van der Waals surface area contributed by atoms with Crippen molar-refractivity contribution in [3.05, 3.63) is 30.2 Å². The molecule has 0 saturated heterocycles. The molecule has 0 aliphatic carbocycles. The Balaban J connectivity index is 2.44. The van der Waals surface area contributed by atoms with Crippen molar-refractivity contribution in [2.45, 2.75) is 26.8 Å². The Bertz CT molecular complexity index is 482. The van der Waals surface area contributed by atoms with E-state index in [4.69, 9.17) is 5.73 Å². The van der Waals surface area contributed by atoms with Crippen LogP contribution in [0.5, 0.6) is 0 Å². The number of nitrogens with zero attached hydrogens (tertiary/aromatic N) is 3. The molecule has 0 fully saturated rings. The summed E-state index contributed by atoms with van der Waals surface area (Å²) in [6, 6.07) is 4.14. The molecule has 0 saturated carbocycles. The zero-order valence-electron chi connectivity index (χ0n) is 9.81. The molecule has 0 bridgehead atoms. The molecule has 2 aromatic heterocycles. The van der Waals surface area contributed by atoms with Crippen LogP contribution < -0.4 is 5.73 Å². The molecule has 2 rings (SSSR count). The normalized spacial score (nSPS) is 11.0. The van der Waals surface area contributed by atoms with Gasteiger partial charge >= 0.3 is 0 Å². The van der Waals surface area contributed by atoms with Crippen molar-refractivity contribution in [1.29, 1.82) is 0 Å². The molecule has 2 heterocycles. The number of nitrogens with two attached hydrogens (primary N) is 1. The highest BCUT2D eigenvalue weighted by Crippen LogP contribution is 2.22.